The van der Waals surface area contributed by atoms with Gasteiger partial charge in [-0.15, -0.1) is 0 Å². The Morgan fingerprint density at radius 3 is 2.47 bits per heavy atom. The van der Waals surface area contributed by atoms with Crippen LogP contribution < -0.4 is 4.74 Å². The van der Waals surface area contributed by atoms with Crippen LogP contribution in [-0.4, -0.2) is 15.1 Å². The molecule has 1 N–H and O–H groups in total. The number of aromatic nitrogens is 2. The van der Waals surface area contributed by atoms with E-state index in [1.807, 2.05) is 0 Å². The first-order valence-electron chi connectivity index (χ1n) is 4.19. The Hall–Kier alpha value is -1.62. The zero-order chi connectivity index (χ0) is 10.7. The first-order valence-corrected chi connectivity index (χ1v) is 4.98. The first-order chi connectivity index (χ1) is 7.25. The van der Waals surface area contributed by atoms with E-state index in [9.17, 15) is 5.11 Å². The summed E-state index contributed by atoms with van der Waals surface area (Å²) in [6.45, 7) is 0. The number of para-hydroxylation sites is 2. The number of ether oxygens (including phenoxy) is 1. The van der Waals surface area contributed by atoms with E-state index < -0.39 is 0 Å². The third-order valence-corrected chi connectivity index (χ3v) is 2.07. The van der Waals surface area contributed by atoms with E-state index in [-0.39, 0.29) is 11.8 Å². The number of phenolic OH excluding ortho intramolecular Hbond substituents is 1. The topological polar surface area (TPSA) is 55.2 Å². The largest absolute Gasteiger partial charge is 0.504 e. The number of hydrogen-bond acceptors (Lipinski definition) is 4. The van der Waals surface area contributed by atoms with Crippen molar-refractivity contribution in [3.8, 4) is 17.5 Å². The predicted octanol–water partition coefficient (Wildman–Crippen LogP) is 2.74. The molecule has 0 aliphatic carbocycles. The van der Waals surface area contributed by atoms with Gasteiger partial charge in [-0.3, -0.25) is 0 Å². The Morgan fingerprint density at radius 1 is 1.13 bits per heavy atom. The summed E-state index contributed by atoms with van der Waals surface area (Å²) in [5.74, 6) is 0.392. The Kier molecular flexibility index (Phi) is 2.82. The molecule has 0 atom stereocenters. The van der Waals surface area contributed by atoms with Crippen LogP contribution >= 0.6 is 15.9 Å². The zero-order valence-corrected chi connectivity index (χ0v) is 9.18. The maximum absolute atomic E-state index is 9.44. The lowest BCUT2D eigenvalue weighted by Gasteiger charge is -2.04. The van der Waals surface area contributed by atoms with Gasteiger partial charge in [0.15, 0.2) is 11.5 Å². The molecule has 1 heterocycles. The summed E-state index contributed by atoms with van der Waals surface area (Å²) in [6, 6.07) is 6.84. The second-order valence-corrected chi connectivity index (χ2v) is 3.67. The summed E-state index contributed by atoms with van der Waals surface area (Å²) in [6.07, 6.45) is 3.14. The lowest BCUT2D eigenvalue weighted by Crippen LogP contribution is -1.90. The Labute approximate surface area is 94.7 Å². The maximum atomic E-state index is 9.44. The molecule has 5 heteroatoms. The molecule has 0 aliphatic rings. The number of hydrogen-bond donors (Lipinski definition) is 1. The summed E-state index contributed by atoms with van der Waals surface area (Å²) in [5.41, 5.74) is 0. The van der Waals surface area contributed by atoms with Gasteiger partial charge in [0.2, 0.25) is 0 Å². The van der Waals surface area contributed by atoms with Gasteiger partial charge in [0.05, 0.1) is 4.47 Å². The molecule has 2 aromatic rings. The fourth-order valence-electron chi connectivity index (χ4n) is 0.995. The first kappa shape index (κ1) is 9.92. The minimum absolute atomic E-state index is 0.0593. The molecule has 0 aliphatic heterocycles. The summed E-state index contributed by atoms with van der Waals surface area (Å²) in [5, 5.41) is 9.44. The molecule has 0 unspecified atom stereocenters. The highest BCUT2D eigenvalue weighted by molar-refractivity contribution is 9.10. The minimum atomic E-state index is 0.0593. The van der Waals surface area contributed by atoms with E-state index in [0.29, 0.717) is 5.75 Å². The van der Waals surface area contributed by atoms with Crippen molar-refractivity contribution in [3.63, 3.8) is 0 Å². The molecule has 0 bridgehead atoms. The van der Waals surface area contributed by atoms with Crippen LogP contribution in [0.15, 0.2) is 41.1 Å². The summed E-state index contributed by atoms with van der Waals surface area (Å²) in [4.78, 5) is 7.85. The average Bonchev–Trinajstić information content (AvgIpc) is 2.25. The van der Waals surface area contributed by atoms with E-state index in [1.165, 1.54) is 6.07 Å². The molecule has 0 fully saturated rings. The van der Waals surface area contributed by atoms with E-state index in [4.69, 9.17) is 4.74 Å². The predicted molar refractivity (Wildman–Crippen MR) is 57.9 cm³/mol. The van der Waals surface area contributed by atoms with E-state index in [1.54, 1.807) is 30.6 Å². The SMILES string of the molecule is Oc1ccccc1Oc1ncc(Br)cn1. The molecule has 0 saturated carbocycles. The van der Waals surface area contributed by atoms with E-state index in [0.717, 1.165) is 4.47 Å². The highest BCUT2D eigenvalue weighted by atomic mass is 79.9. The lowest BCUT2D eigenvalue weighted by molar-refractivity contribution is 0.392. The van der Waals surface area contributed by atoms with Gasteiger partial charge >= 0.3 is 6.01 Å². The molecule has 4 nitrogen and oxygen atoms in total. The van der Waals surface area contributed by atoms with Crippen LogP contribution in [0.5, 0.6) is 17.5 Å². The second-order valence-electron chi connectivity index (χ2n) is 2.75. The smallest absolute Gasteiger partial charge is 0.322 e. The average molecular weight is 267 g/mol. The molecule has 0 saturated heterocycles. The second kappa shape index (κ2) is 4.27. The normalized spacial score (nSPS) is 9.93. The fourth-order valence-corrected chi connectivity index (χ4v) is 1.20. The van der Waals surface area contributed by atoms with Gasteiger partial charge in [-0.05, 0) is 28.1 Å². The molecule has 0 spiro atoms. The Morgan fingerprint density at radius 2 is 1.80 bits per heavy atom. The molecule has 0 amide bonds. The standard InChI is InChI=1S/C10H7BrN2O2/c11-7-5-12-10(13-6-7)15-9-4-2-1-3-8(9)14/h1-6,14H. The van der Waals surface area contributed by atoms with Crippen molar-refractivity contribution in [3.05, 3.63) is 41.1 Å². The molecular weight excluding hydrogens is 260 g/mol. The van der Waals surface area contributed by atoms with Crippen molar-refractivity contribution in [1.29, 1.82) is 0 Å². The monoisotopic (exact) mass is 266 g/mol. The van der Waals surface area contributed by atoms with Crippen molar-refractivity contribution in [1.82, 2.24) is 9.97 Å². The lowest BCUT2D eigenvalue weighted by atomic mass is 10.3. The Bertz CT molecular complexity index is 459. The summed E-state index contributed by atoms with van der Waals surface area (Å²) < 4.78 is 6.04. The zero-order valence-electron chi connectivity index (χ0n) is 7.59. The van der Waals surface area contributed by atoms with E-state index in [2.05, 4.69) is 25.9 Å². The minimum Gasteiger partial charge on any atom is -0.504 e. The number of aromatic hydroxyl groups is 1. The summed E-state index contributed by atoms with van der Waals surface area (Å²) >= 11 is 3.22. The highest BCUT2D eigenvalue weighted by Crippen LogP contribution is 2.27. The number of rotatable bonds is 2. The van der Waals surface area contributed by atoms with Crippen molar-refractivity contribution in [2.45, 2.75) is 0 Å². The molecule has 76 valence electrons. The van der Waals surface area contributed by atoms with Crippen LogP contribution in [0.3, 0.4) is 0 Å². The number of nitrogens with zero attached hydrogens (tertiary/aromatic N) is 2. The van der Waals surface area contributed by atoms with Crippen LogP contribution in [0.4, 0.5) is 0 Å². The van der Waals surface area contributed by atoms with Gasteiger partial charge in [-0.2, -0.15) is 0 Å². The van der Waals surface area contributed by atoms with Crippen molar-refractivity contribution >= 4 is 15.9 Å². The third kappa shape index (κ3) is 2.44. The quantitative estimate of drug-likeness (QED) is 0.908. The van der Waals surface area contributed by atoms with Crippen LogP contribution in [0.25, 0.3) is 0 Å². The molecule has 15 heavy (non-hydrogen) atoms. The van der Waals surface area contributed by atoms with Gasteiger partial charge in [-0.1, -0.05) is 12.1 Å². The number of phenols is 1. The molecular formula is C10H7BrN2O2. The van der Waals surface area contributed by atoms with Gasteiger partial charge in [0.25, 0.3) is 0 Å². The van der Waals surface area contributed by atoms with Gasteiger partial charge < -0.3 is 9.84 Å². The van der Waals surface area contributed by atoms with Crippen LogP contribution in [0.2, 0.25) is 0 Å². The van der Waals surface area contributed by atoms with Crippen molar-refractivity contribution in [2.24, 2.45) is 0 Å². The van der Waals surface area contributed by atoms with Gasteiger partial charge in [0.1, 0.15) is 0 Å². The van der Waals surface area contributed by atoms with Crippen LogP contribution in [0.1, 0.15) is 0 Å². The van der Waals surface area contributed by atoms with Crippen LogP contribution in [-0.2, 0) is 0 Å². The van der Waals surface area contributed by atoms with Crippen molar-refractivity contribution < 1.29 is 9.84 Å². The van der Waals surface area contributed by atoms with Gasteiger partial charge in [0, 0.05) is 12.4 Å². The van der Waals surface area contributed by atoms with Gasteiger partial charge in [-0.25, -0.2) is 9.97 Å². The molecule has 2 rings (SSSR count). The van der Waals surface area contributed by atoms with Crippen molar-refractivity contribution in [2.75, 3.05) is 0 Å². The fraction of sp³-hybridized carbons (Fsp3) is 0. The highest BCUT2D eigenvalue weighted by Gasteiger charge is 2.03. The van der Waals surface area contributed by atoms with Crippen LogP contribution in [0, 0.1) is 0 Å². The van der Waals surface area contributed by atoms with E-state index >= 15 is 0 Å². The molecule has 1 aromatic carbocycles. The third-order valence-electron chi connectivity index (χ3n) is 1.66. The molecule has 0 radical (unpaired) electrons. The maximum Gasteiger partial charge on any atom is 0.322 e. The Balaban J connectivity index is 2.22. The number of halogens is 1. The summed E-state index contributed by atoms with van der Waals surface area (Å²) in [7, 11) is 0. The molecule has 1 aromatic heterocycles. The number of benzene rings is 1.